The average Bonchev–Trinajstić information content (AvgIpc) is 2.77. The summed E-state index contributed by atoms with van der Waals surface area (Å²) in [7, 11) is 0. The zero-order valence-corrected chi connectivity index (χ0v) is 20.2. The van der Waals surface area contributed by atoms with Gasteiger partial charge in [0, 0.05) is 31.9 Å². The van der Waals surface area contributed by atoms with Crippen LogP contribution in [0.5, 0.6) is 0 Å². The summed E-state index contributed by atoms with van der Waals surface area (Å²) in [5.74, 6) is 0. The number of benzene rings is 1. The third-order valence-electron chi connectivity index (χ3n) is 4.78. The highest BCUT2D eigenvalue weighted by atomic mass is 16.6. The monoisotopic (exact) mass is 465 g/mol. The van der Waals surface area contributed by atoms with Gasteiger partial charge in [0.05, 0.1) is 0 Å². The number of carbonyl (C=O) groups excluding carboxylic acids is 3. The zero-order valence-electron chi connectivity index (χ0n) is 20.2. The molecule has 10 heteroatoms. The molecule has 0 aliphatic heterocycles. The lowest BCUT2D eigenvalue weighted by Crippen LogP contribution is -2.50. The quantitative estimate of drug-likeness (QED) is 0.245. The van der Waals surface area contributed by atoms with Crippen LogP contribution in [0.2, 0.25) is 0 Å². The molecule has 0 aliphatic carbocycles. The van der Waals surface area contributed by atoms with Gasteiger partial charge in [0.1, 0.15) is 0 Å². The molecule has 2 atom stereocenters. The van der Waals surface area contributed by atoms with Crippen molar-refractivity contribution >= 4 is 23.9 Å². The fourth-order valence-corrected chi connectivity index (χ4v) is 2.92. The molecule has 0 bridgehead atoms. The van der Waals surface area contributed by atoms with Gasteiger partial charge in [-0.3, -0.25) is 0 Å². The van der Waals surface area contributed by atoms with Gasteiger partial charge >= 0.3 is 18.2 Å². The molecule has 1 aromatic rings. The van der Waals surface area contributed by atoms with Crippen LogP contribution in [0, 0.1) is 0 Å². The number of nitrogens with zero attached hydrogens (tertiary/aromatic N) is 1. The Balaban J connectivity index is 2.63. The van der Waals surface area contributed by atoms with Gasteiger partial charge in [0.2, 0.25) is 0 Å². The van der Waals surface area contributed by atoms with Crippen LogP contribution >= 0.6 is 0 Å². The lowest BCUT2D eigenvalue weighted by molar-refractivity contribution is -0.0904. The maximum Gasteiger partial charge on any atom is 0.408 e. The summed E-state index contributed by atoms with van der Waals surface area (Å²) in [6.45, 7) is 9.02. The molecular formula is C23H39N5O5. The highest BCUT2D eigenvalue weighted by Gasteiger charge is 2.26. The Morgan fingerprint density at radius 1 is 0.818 bits per heavy atom. The molecule has 0 radical (unpaired) electrons. The van der Waals surface area contributed by atoms with Gasteiger partial charge in [0.15, 0.2) is 12.5 Å². The SMILES string of the molecule is CCCCNC(=O)OC(C)N(CCNC(=O)Nc1ccccc1)C(C)OC(=O)NCCCC. The number of carbonyl (C=O) groups is 3. The Labute approximate surface area is 196 Å². The van der Waals surface area contributed by atoms with E-state index in [9.17, 15) is 14.4 Å². The normalized spacial score (nSPS) is 12.4. The summed E-state index contributed by atoms with van der Waals surface area (Å²) < 4.78 is 10.9. The first-order chi connectivity index (χ1) is 15.9. The van der Waals surface area contributed by atoms with Crippen LogP contribution in [0.4, 0.5) is 20.1 Å². The van der Waals surface area contributed by atoms with Gasteiger partial charge in [-0.15, -0.1) is 0 Å². The number of nitrogens with one attached hydrogen (secondary N) is 4. The van der Waals surface area contributed by atoms with Crippen molar-refractivity contribution < 1.29 is 23.9 Å². The van der Waals surface area contributed by atoms with E-state index < -0.39 is 24.6 Å². The molecule has 10 nitrogen and oxygen atoms in total. The molecule has 4 N–H and O–H groups in total. The molecule has 186 valence electrons. The molecule has 0 aromatic heterocycles. The van der Waals surface area contributed by atoms with Crippen molar-refractivity contribution in [2.24, 2.45) is 0 Å². The lowest BCUT2D eigenvalue weighted by atomic mass is 10.3. The minimum absolute atomic E-state index is 0.245. The third-order valence-corrected chi connectivity index (χ3v) is 4.78. The third kappa shape index (κ3) is 12.6. The minimum atomic E-state index is -0.691. The van der Waals surface area contributed by atoms with Crippen LogP contribution in [0.1, 0.15) is 53.4 Å². The minimum Gasteiger partial charge on any atom is -0.430 e. The standard InChI is InChI=1S/C23H39N5O5/c1-5-7-14-25-22(30)32-18(3)28(19(4)33-23(31)26-15-8-6-2)17-16-24-21(29)27-20-12-10-9-11-13-20/h9-13,18-19H,5-8,14-17H2,1-4H3,(H,25,30)(H,26,31)(H2,24,27,29). The summed E-state index contributed by atoms with van der Waals surface area (Å²) in [4.78, 5) is 38.0. The molecule has 0 heterocycles. The van der Waals surface area contributed by atoms with E-state index in [0.29, 0.717) is 18.8 Å². The molecule has 0 aliphatic rings. The van der Waals surface area contributed by atoms with Gasteiger partial charge in [-0.2, -0.15) is 0 Å². The zero-order chi connectivity index (χ0) is 24.5. The highest BCUT2D eigenvalue weighted by Crippen LogP contribution is 2.09. The van der Waals surface area contributed by atoms with Crippen molar-refractivity contribution in [2.75, 3.05) is 31.5 Å². The molecule has 0 spiro atoms. The van der Waals surface area contributed by atoms with Crippen LogP contribution in [0.15, 0.2) is 30.3 Å². The van der Waals surface area contributed by atoms with Crippen LogP contribution in [-0.2, 0) is 9.47 Å². The van der Waals surface area contributed by atoms with Crippen molar-refractivity contribution in [3.8, 4) is 0 Å². The average molecular weight is 466 g/mol. The molecule has 1 rings (SSSR count). The smallest absolute Gasteiger partial charge is 0.408 e. The molecule has 4 amide bonds. The summed E-state index contributed by atoms with van der Waals surface area (Å²) in [6, 6.07) is 8.72. The highest BCUT2D eigenvalue weighted by molar-refractivity contribution is 5.89. The van der Waals surface area contributed by atoms with E-state index in [2.05, 4.69) is 21.3 Å². The second-order valence-electron chi connectivity index (χ2n) is 7.55. The molecule has 0 saturated carbocycles. The predicted molar refractivity (Wildman–Crippen MR) is 128 cm³/mol. The van der Waals surface area contributed by atoms with E-state index in [1.165, 1.54) is 0 Å². The number of para-hydroxylation sites is 1. The number of hydrogen-bond acceptors (Lipinski definition) is 6. The molecule has 0 saturated heterocycles. The van der Waals surface area contributed by atoms with E-state index in [0.717, 1.165) is 25.7 Å². The summed E-state index contributed by atoms with van der Waals surface area (Å²) in [5, 5.41) is 10.9. The van der Waals surface area contributed by atoms with Crippen molar-refractivity contribution in [3.63, 3.8) is 0 Å². The Morgan fingerprint density at radius 3 is 1.82 bits per heavy atom. The van der Waals surface area contributed by atoms with Crippen molar-refractivity contribution in [3.05, 3.63) is 30.3 Å². The lowest BCUT2D eigenvalue weighted by Gasteiger charge is -2.33. The van der Waals surface area contributed by atoms with Crippen LogP contribution in [0.25, 0.3) is 0 Å². The number of hydrogen-bond donors (Lipinski definition) is 4. The first kappa shape index (κ1) is 28.0. The number of rotatable bonds is 14. The van der Waals surface area contributed by atoms with Crippen molar-refractivity contribution in [1.82, 2.24) is 20.9 Å². The Morgan fingerprint density at radius 2 is 1.33 bits per heavy atom. The molecule has 0 fully saturated rings. The number of ether oxygens (including phenoxy) is 2. The first-order valence-electron chi connectivity index (χ1n) is 11.6. The van der Waals surface area contributed by atoms with Crippen LogP contribution < -0.4 is 21.3 Å². The molecule has 33 heavy (non-hydrogen) atoms. The second-order valence-corrected chi connectivity index (χ2v) is 7.55. The summed E-state index contributed by atoms with van der Waals surface area (Å²) in [6.07, 6.45) is 1.14. The van der Waals surface area contributed by atoms with Gasteiger partial charge in [-0.05, 0) is 38.8 Å². The first-order valence-corrected chi connectivity index (χ1v) is 11.6. The second kappa shape index (κ2) is 16.6. The van der Waals surface area contributed by atoms with Gasteiger partial charge in [-0.25, -0.2) is 19.3 Å². The van der Waals surface area contributed by atoms with Crippen molar-refractivity contribution in [1.29, 1.82) is 0 Å². The Hall–Kier alpha value is -3.01. The van der Waals surface area contributed by atoms with E-state index >= 15 is 0 Å². The largest absolute Gasteiger partial charge is 0.430 e. The molecule has 2 unspecified atom stereocenters. The molecular weight excluding hydrogens is 426 g/mol. The van der Waals surface area contributed by atoms with E-state index in [1.807, 2.05) is 32.0 Å². The van der Waals surface area contributed by atoms with E-state index in [1.54, 1.807) is 30.9 Å². The summed E-state index contributed by atoms with van der Waals surface area (Å²) >= 11 is 0. The maximum atomic E-state index is 12.2. The maximum absolute atomic E-state index is 12.2. The Kier molecular flexibility index (Phi) is 14.1. The number of amides is 4. The predicted octanol–water partition coefficient (Wildman–Crippen LogP) is 3.85. The molecule has 1 aromatic carbocycles. The van der Waals surface area contributed by atoms with Crippen molar-refractivity contribution in [2.45, 2.75) is 65.8 Å². The number of unbranched alkanes of at least 4 members (excludes halogenated alkanes) is 2. The fraction of sp³-hybridized carbons (Fsp3) is 0.609. The topological polar surface area (TPSA) is 121 Å². The van der Waals surface area contributed by atoms with E-state index in [4.69, 9.17) is 9.47 Å². The Bertz CT molecular complexity index is 674. The number of urea groups is 1. The summed E-state index contributed by atoms with van der Waals surface area (Å²) in [5.41, 5.74) is 0.674. The number of anilines is 1. The van der Waals surface area contributed by atoms with Crippen LogP contribution in [0.3, 0.4) is 0 Å². The van der Waals surface area contributed by atoms with E-state index in [-0.39, 0.29) is 19.1 Å². The number of alkyl carbamates (subject to hydrolysis) is 2. The van der Waals surface area contributed by atoms with Gasteiger partial charge < -0.3 is 30.7 Å². The van der Waals surface area contributed by atoms with Crippen LogP contribution in [-0.4, -0.2) is 61.8 Å². The van der Waals surface area contributed by atoms with Gasteiger partial charge in [0.25, 0.3) is 0 Å². The van der Waals surface area contributed by atoms with Gasteiger partial charge in [-0.1, -0.05) is 44.9 Å². The fourth-order valence-electron chi connectivity index (χ4n) is 2.92.